The van der Waals surface area contributed by atoms with Crippen molar-refractivity contribution in [2.75, 3.05) is 0 Å². The van der Waals surface area contributed by atoms with Crippen molar-refractivity contribution in [2.24, 2.45) is 7.05 Å². The first kappa shape index (κ1) is 17.8. The van der Waals surface area contributed by atoms with Gasteiger partial charge >= 0.3 is 6.18 Å². The standard InChI is InChI=1S/C14H14ClF3N2O2S/c1-9-3-4-10(20(9)2)8-19-23(21,22)11-5-6-13(15)12(7-11)14(16,17)18/h3-7,19H,8H2,1-2H3. The van der Waals surface area contributed by atoms with Gasteiger partial charge < -0.3 is 4.57 Å². The molecule has 1 N–H and O–H groups in total. The molecule has 23 heavy (non-hydrogen) atoms. The highest BCUT2D eigenvalue weighted by molar-refractivity contribution is 7.89. The van der Waals surface area contributed by atoms with Crippen molar-refractivity contribution < 1.29 is 21.6 Å². The Kier molecular flexibility index (Phi) is 4.79. The van der Waals surface area contributed by atoms with Crippen LogP contribution in [0, 0.1) is 6.92 Å². The van der Waals surface area contributed by atoms with Gasteiger partial charge in [-0.3, -0.25) is 0 Å². The SMILES string of the molecule is Cc1ccc(CNS(=O)(=O)c2ccc(Cl)c(C(F)(F)F)c2)n1C. The Morgan fingerprint density at radius 1 is 1.22 bits per heavy atom. The minimum absolute atomic E-state index is 0.0311. The fourth-order valence-electron chi connectivity index (χ4n) is 1.99. The number of nitrogens with zero attached hydrogens (tertiary/aromatic N) is 1. The summed E-state index contributed by atoms with van der Waals surface area (Å²) < 4.78 is 66.9. The maximum absolute atomic E-state index is 12.8. The molecule has 0 atom stereocenters. The highest BCUT2D eigenvalue weighted by atomic mass is 35.5. The lowest BCUT2D eigenvalue weighted by Gasteiger charge is -2.12. The first-order valence-electron chi connectivity index (χ1n) is 6.50. The van der Waals surface area contributed by atoms with Gasteiger partial charge in [-0.05, 0) is 37.3 Å². The molecule has 126 valence electrons. The number of halogens is 4. The first-order valence-corrected chi connectivity index (χ1v) is 8.36. The van der Waals surface area contributed by atoms with Crippen LogP contribution in [0.15, 0.2) is 35.2 Å². The van der Waals surface area contributed by atoms with Crippen LogP contribution in [-0.2, 0) is 29.8 Å². The number of hydrogen-bond donors (Lipinski definition) is 1. The summed E-state index contributed by atoms with van der Waals surface area (Å²) in [6.07, 6.45) is -4.72. The minimum atomic E-state index is -4.72. The van der Waals surface area contributed by atoms with E-state index < -0.39 is 31.7 Å². The van der Waals surface area contributed by atoms with Gasteiger partial charge in [0, 0.05) is 18.4 Å². The molecule has 1 aromatic heterocycles. The van der Waals surface area contributed by atoms with Gasteiger partial charge in [-0.1, -0.05) is 11.6 Å². The first-order chi connectivity index (χ1) is 10.5. The summed E-state index contributed by atoms with van der Waals surface area (Å²) in [7, 11) is -2.32. The van der Waals surface area contributed by atoms with Crippen LogP contribution in [-0.4, -0.2) is 13.0 Å². The van der Waals surface area contributed by atoms with Crippen LogP contribution in [0.4, 0.5) is 13.2 Å². The lowest BCUT2D eigenvalue weighted by molar-refractivity contribution is -0.137. The zero-order valence-corrected chi connectivity index (χ0v) is 13.9. The molecule has 0 unspecified atom stereocenters. The number of nitrogens with one attached hydrogen (secondary N) is 1. The molecule has 1 aromatic carbocycles. The van der Waals surface area contributed by atoms with Crippen LogP contribution >= 0.6 is 11.6 Å². The molecule has 0 aliphatic heterocycles. The normalized spacial score (nSPS) is 12.6. The molecule has 0 spiro atoms. The van der Waals surface area contributed by atoms with Crippen molar-refractivity contribution in [3.8, 4) is 0 Å². The van der Waals surface area contributed by atoms with Crippen molar-refractivity contribution in [2.45, 2.75) is 24.5 Å². The fourth-order valence-corrected chi connectivity index (χ4v) is 3.23. The largest absolute Gasteiger partial charge is 0.417 e. The smallest absolute Gasteiger partial charge is 0.351 e. The van der Waals surface area contributed by atoms with Crippen LogP contribution in [0.5, 0.6) is 0 Å². The van der Waals surface area contributed by atoms with E-state index >= 15 is 0 Å². The van der Waals surface area contributed by atoms with Crippen LogP contribution in [0.25, 0.3) is 0 Å². The highest BCUT2D eigenvalue weighted by Gasteiger charge is 2.34. The van der Waals surface area contributed by atoms with E-state index in [0.29, 0.717) is 11.8 Å². The number of benzene rings is 1. The molecular weight excluding hydrogens is 353 g/mol. The maximum Gasteiger partial charge on any atom is 0.417 e. The van der Waals surface area contributed by atoms with Gasteiger partial charge in [-0.15, -0.1) is 0 Å². The topological polar surface area (TPSA) is 51.1 Å². The van der Waals surface area contributed by atoms with Crippen molar-refractivity contribution in [1.29, 1.82) is 0 Å². The van der Waals surface area contributed by atoms with Gasteiger partial charge in [0.15, 0.2) is 0 Å². The molecular formula is C14H14ClF3N2O2S. The molecule has 9 heteroatoms. The van der Waals surface area contributed by atoms with E-state index in [4.69, 9.17) is 11.6 Å². The van der Waals surface area contributed by atoms with E-state index in [0.717, 1.165) is 17.8 Å². The number of rotatable bonds is 4. The van der Waals surface area contributed by atoms with Crippen molar-refractivity contribution in [3.63, 3.8) is 0 Å². The summed E-state index contributed by atoms with van der Waals surface area (Å²) in [4.78, 5) is -0.486. The fraction of sp³-hybridized carbons (Fsp3) is 0.286. The zero-order chi connectivity index (χ0) is 17.4. The second kappa shape index (κ2) is 6.18. The van der Waals surface area contributed by atoms with Gasteiger partial charge in [-0.2, -0.15) is 13.2 Å². The molecule has 4 nitrogen and oxygen atoms in total. The van der Waals surface area contributed by atoms with Crippen molar-refractivity contribution in [3.05, 3.63) is 52.3 Å². The summed E-state index contributed by atoms with van der Waals surface area (Å²) in [6, 6.07) is 6.04. The van der Waals surface area contributed by atoms with Gasteiger partial charge in [0.25, 0.3) is 0 Å². The lowest BCUT2D eigenvalue weighted by atomic mass is 10.2. The van der Waals surface area contributed by atoms with Gasteiger partial charge in [0.2, 0.25) is 10.0 Å². The minimum Gasteiger partial charge on any atom is -0.351 e. The third-order valence-corrected chi connectivity index (χ3v) is 5.20. The highest BCUT2D eigenvalue weighted by Crippen LogP contribution is 2.35. The molecule has 0 amide bonds. The molecule has 0 saturated heterocycles. The third-order valence-electron chi connectivity index (χ3n) is 3.47. The molecule has 0 fully saturated rings. The number of hydrogen-bond acceptors (Lipinski definition) is 2. The summed E-state index contributed by atoms with van der Waals surface area (Å²) in [6.45, 7) is 1.82. The zero-order valence-electron chi connectivity index (χ0n) is 12.3. The average Bonchev–Trinajstić information content (AvgIpc) is 2.75. The van der Waals surface area contributed by atoms with E-state index in [1.54, 1.807) is 17.7 Å². The summed E-state index contributed by atoms with van der Waals surface area (Å²) in [5.74, 6) is 0. The Labute approximate surface area is 136 Å². The van der Waals surface area contributed by atoms with Gasteiger partial charge in [-0.25, -0.2) is 13.1 Å². The van der Waals surface area contributed by atoms with Crippen molar-refractivity contribution in [1.82, 2.24) is 9.29 Å². The molecule has 0 radical (unpaired) electrons. The summed E-state index contributed by atoms with van der Waals surface area (Å²) >= 11 is 5.49. The molecule has 0 aliphatic carbocycles. The summed E-state index contributed by atoms with van der Waals surface area (Å²) in [5, 5.41) is -0.547. The molecule has 1 heterocycles. The van der Waals surface area contributed by atoms with Gasteiger partial charge in [0.1, 0.15) is 0 Å². The Balaban J connectivity index is 2.28. The van der Waals surface area contributed by atoms with Crippen LogP contribution in [0.2, 0.25) is 5.02 Å². The quantitative estimate of drug-likeness (QED) is 0.900. The van der Waals surface area contributed by atoms with E-state index in [1.165, 1.54) is 0 Å². The average molecular weight is 367 g/mol. The second-order valence-electron chi connectivity index (χ2n) is 4.99. The van der Waals surface area contributed by atoms with E-state index in [9.17, 15) is 21.6 Å². The van der Waals surface area contributed by atoms with E-state index in [2.05, 4.69) is 4.72 Å². The molecule has 2 aromatic rings. The number of aryl methyl sites for hydroxylation is 1. The molecule has 2 rings (SSSR count). The maximum atomic E-state index is 12.8. The Bertz CT molecular complexity index is 829. The molecule has 0 aliphatic rings. The second-order valence-corrected chi connectivity index (χ2v) is 7.16. The van der Waals surface area contributed by atoms with Crippen molar-refractivity contribution >= 4 is 21.6 Å². The lowest BCUT2D eigenvalue weighted by Crippen LogP contribution is -2.24. The molecule has 0 saturated carbocycles. The monoisotopic (exact) mass is 366 g/mol. The Morgan fingerprint density at radius 3 is 2.39 bits per heavy atom. The van der Waals surface area contributed by atoms with Crippen LogP contribution < -0.4 is 4.72 Å². The Hall–Kier alpha value is -1.51. The van der Waals surface area contributed by atoms with Crippen LogP contribution in [0.3, 0.4) is 0 Å². The van der Waals surface area contributed by atoms with E-state index in [-0.39, 0.29) is 6.54 Å². The number of sulfonamides is 1. The predicted octanol–water partition coefficient (Wildman–Crippen LogP) is 3.48. The predicted molar refractivity (Wildman–Crippen MR) is 80.6 cm³/mol. The van der Waals surface area contributed by atoms with E-state index in [1.807, 2.05) is 13.0 Å². The number of alkyl halides is 3. The van der Waals surface area contributed by atoms with Gasteiger partial charge in [0.05, 0.1) is 22.0 Å². The third kappa shape index (κ3) is 3.88. The summed E-state index contributed by atoms with van der Waals surface area (Å²) in [5.41, 5.74) is 0.442. The number of aromatic nitrogens is 1. The van der Waals surface area contributed by atoms with Crippen LogP contribution in [0.1, 0.15) is 17.0 Å². The molecule has 0 bridgehead atoms. The Morgan fingerprint density at radius 2 is 1.87 bits per heavy atom.